The molecule has 0 aliphatic heterocycles. The van der Waals surface area contributed by atoms with Gasteiger partial charge in [0.2, 0.25) is 5.91 Å². The molecule has 0 fully saturated rings. The number of ether oxygens (including phenoxy) is 1. The number of amides is 1. The van der Waals surface area contributed by atoms with Crippen LogP contribution in [0.5, 0.6) is 5.75 Å². The molecule has 2 rings (SSSR count). The Balaban J connectivity index is 1.77. The minimum atomic E-state index is -0.0620. The van der Waals surface area contributed by atoms with Crippen LogP contribution in [-0.2, 0) is 11.2 Å². The highest BCUT2D eigenvalue weighted by Crippen LogP contribution is 2.12. The summed E-state index contributed by atoms with van der Waals surface area (Å²) >= 11 is 5.91. The molecular formula is C18H20ClNO2. The van der Waals surface area contributed by atoms with E-state index in [2.05, 4.69) is 5.32 Å². The van der Waals surface area contributed by atoms with Crippen molar-refractivity contribution in [2.75, 3.05) is 6.61 Å². The van der Waals surface area contributed by atoms with E-state index in [0.717, 1.165) is 11.3 Å². The molecule has 0 aliphatic carbocycles. The van der Waals surface area contributed by atoms with Gasteiger partial charge < -0.3 is 10.1 Å². The van der Waals surface area contributed by atoms with E-state index in [0.29, 0.717) is 18.1 Å². The van der Waals surface area contributed by atoms with Crippen molar-refractivity contribution < 1.29 is 9.53 Å². The average molecular weight is 318 g/mol. The summed E-state index contributed by atoms with van der Waals surface area (Å²) in [6.07, 6.45) is 0.315. The Bertz CT molecular complexity index is 625. The second-order valence-corrected chi connectivity index (χ2v) is 5.84. The molecule has 0 saturated carbocycles. The zero-order valence-corrected chi connectivity index (χ0v) is 13.6. The third-order valence-electron chi connectivity index (χ3n) is 3.18. The van der Waals surface area contributed by atoms with Crippen molar-refractivity contribution in [1.29, 1.82) is 0 Å². The molecule has 0 spiro atoms. The zero-order chi connectivity index (χ0) is 15.9. The van der Waals surface area contributed by atoms with Gasteiger partial charge in [-0.15, -0.1) is 0 Å². The number of carbonyl (C=O) groups excluding carboxylic acids is 1. The van der Waals surface area contributed by atoms with Crippen LogP contribution >= 0.6 is 11.6 Å². The van der Waals surface area contributed by atoms with Crippen molar-refractivity contribution in [3.8, 4) is 5.75 Å². The highest BCUT2D eigenvalue weighted by molar-refractivity contribution is 6.30. The second-order valence-electron chi connectivity index (χ2n) is 5.40. The van der Waals surface area contributed by atoms with Gasteiger partial charge in [0, 0.05) is 5.02 Å². The van der Waals surface area contributed by atoms with E-state index in [1.807, 2.05) is 50.2 Å². The van der Waals surface area contributed by atoms with Gasteiger partial charge in [-0.3, -0.25) is 4.79 Å². The van der Waals surface area contributed by atoms with Crippen LogP contribution in [0.15, 0.2) is 48.5 Å². The molecule has 0 saturated heterocycles. The number of nitrogens with one attached hydrogen (secondary N) is 1. The van der Waals surface area contributed by atoms with Crippen LogP contribution in [0.4, 0.5) is 0 Å². The molecule has 2 aromatic rings. The molecule has 1 amide bonds. The summed E-state index contributed by atoms with van der Waals surface area (Å²) in [7, 11) is 0. The predicted molar refractivity (Wildman–Crippen MR) is 89.4 cm³/mol. The minimum Gasteiger partial charge on any atom is -0.491 e. The van der Waals surface area contributed by atoms with Crippen molar-refractivity contribution in [1.82, 2.24) is 5.32 Å². The second kappa shape index (κ2) is 7.85. The van der Waals surface area contributed by atoms with Gasteiger partial charge in [-0.1, -0.05) is 41.4 Å². The lowest BCUT2D eigenvalue weighted by Crippen LogP contribution is -2.37. The molecule has 0 aromatic heterocycles. The number of halogens is 1. The maximum absolute atomic E-state index is 12.0. The fraction of sp³-hybridized carbons (Fsp3) is 0.278. The van der Waals surface area contributed by atoms with Gasteiger partial charge in [0.15, 0.2) is 0 Å². The third-order valence-corrected chi connectivity index (χ3v) is 3.42. The van der Waals surface area contributed by atoms with Crippen molar-refractivity contribution in [3.63, 3.8) is 0 Å². The van der Waals surface area contributed by atoms with E-state index in [1.54, 1.807) is 12.1 Å². The van der Waals surface area contributed by atoms with Gasteiger partial charge in [-0.2, -0.15) is 0 Å². The van der Waals surface area contributed by atoms with E-state index in [1.165, 1.54) is 5.56 Å². The molecule has 3 nitrogen and oxygen atoms in total. The van der Waals surface area contributed by atoms with Crippen molar-refractivity contribution >= 4 is 17.5 Å². The molecule has 4 heteroatoms. The van der Waals surface area contributed by atoms with Gasteiger partial charge in [0.25, 0.3) is 0 Å². The number of benzene rings is 2. The van der Waals surface area contributed by atoms with Crippen LogP contribution in [-0.4, -0.2) is 18.6 Å². The normalized spacial score (nSPS) is 11.8. The third kappa shape index (κ3) is 5.41. The topological polar surface area (TPSA) is 38.3 Å². The number of hydrogen-bond donors (Lipinski definition) is 1. The first-order chi connectivity index (χ1) is 10.5. The summed E-state index contributed by atoms with van der Waals surface area (Å²) in [6, 6.07) is 15.1. The average Bonchev–Trinajstić information content (AvgIpc) is 2.46. The van der Waals surface area contributed by atoms with Gasteiger partial charge in [-0.25, -0.2) is 0 Å². The molecule has 0 heterocycles. The standard InChI is InChI=1S/C18H20ClNO2/c1-13-6-8-17(9-7-13)22-12-14(2)20-18(21)11-15-4-3-5-16(19)10-15/h3-10,14H,11-12H2,1-2H3,(H,20,21)/t14-/m0/s1. The smallest absolute Gasteiger partial charge is 0.224 e. The Hall–Kier alpha value is -2.00. The van der Waals surface area contributed by atoms with Crippen LogP contribution in [0.2, 0.25) is 5.02 Å². The lowest BCUT2D eigenvalue weighted by molar-refractivity contribution is -0.121. The molecule has 0 bridgehead atoms. The predicted octanol–water partition coefficient (Wildman–Crippen LogP) is 3.77. The number of aryl methyl sites for hydroxylation is 1. The number of carbonyl (C=O) groups is 1. The minimum absolute atomic E-state index is 0.0396. The van der Waals surface area contributed by atoms with Gasteiger partial charge in [0.05, 0.1) is 12.5 Å². The summed E-state index contributed by atoms with van der Waals surface area (Å²) in [5.41, 5.74) is 2.09. The van der Waals surface area contributed by atoms with Gasteiger partial charge in [0.1, 0.15) is 12.4 Å². The Morgan fingerprint density at radius 2 is 1.95 bits per heavy atom. The first-order valence-corrected chi connectivity index (χ1v) is 7.64. The highest BCUT2D eigenvalue weighted by Gasteiger charge is 2.09. The van der Waals surface area contributed by atoms with Crippen LogP contribution in [0.25, 0.3) is 0 Å². The summed E-state index contributed by atoms with van der Waals surface area (Å²) < 4.78 is 5.66. The van der Waals surface area contributed by atoms with Crippen LogP contribution in [0, 0.1) is 6.92 Å². The lowest BCUT2D eigenvalue weighted by atomic mass is 10.1. The van der Waals surface area contributed by atoms with Crippen molar-refractivity contribution in [2.45, 2.75) is 26.3 Å². The fourth-order valence-corrected chi connectivity index (χ4v) is 2.27. The van der Waals surface area contributed by atoms with Gasteiger partial charge in [-0.05, 0) is 43.7 Å². The van der Waals surface area contributed by atoms with Crippen molar-refractivity contribution in [2.24, 2.45) is 0 Å². The maximum Gasteiger partial charge on any atom is 0.224 e. The first-order valence-electron chi connectivity index (χ1n) is 7.26. The Labute approximate surface area is 136 Å². The van der Waals surface area contributed by atoms with E-state index in [-0.39, 0.29) is 11.9 Å². The van der Waals surface area contributed by atoms with Gasteiger partial charge >= 0.3 is 0 Å². The molecular weight excluding hydrogens is 298 g/mol. The van der Waals surface area contributed by atoms with E-state index in [9.17, 15) is 4.79 Å². The summed E-state index contributed by atoms with van der Waals surface area (Å²) in [5.74, 6) is 0.767. The molecule has 0 radical (unpaired) electrons. The van der Waals surface area contributed by atoms with E-state index in [4.69, 9.17) is 16.3 Å². The molecule has 0 aliphatic rings. The van der Waals surface area contributed by atoms with E-state index < -0.39 is 0 Å². The Morgan fingerprint density at radius 1 is 1.23 bits per heavy atom. The lowest BCUT2D eigenvalue weighted by Gasteiger charge is -2.15. The monoisotopic (exact) mass is 317 g/mol. The maximum atomic E-state index is 12.0. The quantitative estimate of drug-likeness (QED) is 0.880. The molecule has 0 unspecified atom stereocenters. The zero-order valence-electron chi connectivity index (χ0n) is 12.8. The van der Waals surface area contributed by atoms with Crippen LogP contribution in [0.1, 0.15) is 18.1 Å². The molecule has 2 aromatic carbocycles. The highest BCUT2D eigenvalue weighted by atomic mass is 35.5. The van der Waals surface area contributed by atoms with Crippen molar-refractivity contribution in [3.05, 3.63) is 64.7 Å². The number of hydrogen-bond acceptors (Lipinski definition) is 2. The molecule has 22 heavy (non-hydrogen) atoms. The Morgan fingerprint density at radius 3 is 2.64 bits per heavy atom. The first kappa shape index (κ1) is 16.4. The van der Waals surface area contributed by atoms with E-state index >= 15 is 0 Å². The SMILES string of the molecule is Cc1ccc(OC[C@H](C)NC(=O)Cc2cccc(Cl)c2)cc1. The van der Waals surface area contributed by atoms with Crippen LogP contribution in [0.3, 0.4) is 0 Å². The Kier molecular flexibility index (Phi) is 5.84. The number of rotatable bonds is 6. The largest absolute Gasteiger partial charge is 0.491 e. The molecule has 1 N–H and O–H groups in total. The molecule has 116 valence electrons. The summed E-state index contributed by atoms with van der Waals surface area (Å²) in [4.78, 5) is 12.0. The summed E-state index contributed by atoms with van der Waals surface area (Å²) in [6.45, 7) is 4.39. The summed E-state index contributed by atoms with van der Waals surface area (Å²) in [5, 5.41) is 3.56. The fourth-order valence-electron chi connectivity index (χ4n) is 2.06. The molecule has 1 atom stereocenters. The van der Waals surface area contributed by atoms with Crippen LogP contribution < -0.4 is 10.1 Å².